The van der Waals surface area contributed by atoms with Gasteiger partial charge in [-0.2, -0.15) is 0 Å². The molecule has 0 aliphatic heterocycles. The average molecular weight is 491 g/mol. The van der Waals surface area contributed by atoms with Gasteiger partial charge in [0.1, 0.15) is 11.6 Å². The highest BCUT2D eigenvalue weighted by Gasteiger charge is 2.28. The van der Waals surface area contributed by atoms with Crippen LogP contribution in [0.1, 0.15) is 31.9 Å². The Kier molecular flexibility index (Phi) is 6.41. The van der Waals surface area contributed by atoms with Crippen molar-refractivity contribution >= 4 is 22.7 Å². The number of nitrogens with one attached hydrogen (secondary N) is 1. The minimum atomic E-state index is -0.632. The molecule has 186 valence electrons. The Hall–Kier alpha value is -4.40. The number of hydrogen-bond acceptors (Lipinski definition) is 5. The van der Waals surface area contributed by atoms with Gasteiger partial charge in [0.2, 0.25) is 0 Å². The van der Waals surface area contributed by atoms with Crippen molar-refractivity contribution in [1.82, 2.24) is 14.5 Å². The van der Waals surface area contributed by atoms with Crippen molar-refractivity contribution in [3.05, 3.63) is 98.4 Å². The number of halogens is 1. The lowest BCUT2D eigenvalue weighted by Gasteiger charge is -2.34. The van der Waals surface area contributed by atoms with Crippen LogP contribution >= 0.6 is 0 Å². The van der Waals surface area contributed by atoms with Gasteiger partial charge in [-0.3, -0.25) is 9.69 Å². The van der Waals surface area contributed by atoms with Gasteiger partial charge in [-0.05, 0) is 81.3 Å². The predicted molar refractivity (Wildman–Crippen MR) is 137 cm³/mol. The smallest absolute Gasteiger partial charge is 0.410 e. The normalized spacial score (nSPS) is 11.5. The molecule has 0 atom stereocenters. The van der Waals surface area contributed by atoms with Crippen molar-refractivity contribution in [2.24, 2.45) is 0 Å². The SMILES string of the molecule is Cc1cc(-n2c(=O)[nH]c3cc(OC(=O)N(Cc4ccc(F)cc4)C(C)(C)C)ccc3c2=O)ccc1N. The largest absolute Gasteiger partial charge is 0.415 e. The number of nitrogens with zero attached hydrogens (tertiary/aromatic N) is 2. The molecule has 0 saturated heterocycles. The summed E-state index contributed by atoms with van der Waals surface area (Å²) in [5, 5.41) is 0.253. The number of carbonyl (C=O) groups is 1. The van der Waals surface area contributed by atoms with Gasteiger partial charge in [0, 0.05) is 23.8 Å². The van der Waals surface area contributed by atoms with Crippen LogP contribution in [-0.4, -0.2) is 26.1 Å². The lowest BCUT2D eigenvalue weighted by atomic mass is 10.1. The molecule has 9 heteroatoms. The van der Waals surface area contributed by atoms with Crippen LogP contribution in [0.3, 0.4) is 0 Å². The molecule has 4 rings (SSSR count). The lowest BCUT2D eigenvalue weighted by molar-refractivity contribution is 0.102. The zero-order chi connectivity index (χ0) is 26.2. The number of aromatic amines is 1. The number of nitrogens with two attached hydrogens (primary N) is 1. The number of amides is 1. The Morgan fingerprint density at radius 3 is 2.39 bits per heavy atom. The molecular weight excluding hydrogens is 463 g/mol. The second-order valence-electron chi connectivity index (χ2n) is 9.57. The number of benzene rings is 3. The van der Waals surface area contributed by atoms with Crippen molar-refractivity contribution in [2.75, 3.05) is 5.73 Å². The van der Waals surface area contributed by atoms with Crippen molar-refractivity contribution in [1.29, 1.82) is 0 Å². The van der Waals surface area contributed by atoms with Crippen molar-refractivity contribution in [2.45, 2.75) is 39.8 Å². The number of aromatic nitrogens is 2. The number of nitrogen functional groups attached to an aromatic ring is 1. The van der Waals surface area contributed by atoms with E-state index in [0.717, 1.165) is 15.7 Å². The summed E-state index contributed by atoms with van der Waals surface area (Å²) in [6.07, 6.45) is -0.626. The molecule has 4 aromatic rings. The summed E-state index contributed by atoms with van der Waals surface area (Å²) in [4.78, 5) is 43.2. The highest BCUT2D eigenvalue weighted by Crippen LogP contribution is 2.23. The fourth-order valence-electron chi connectivity index (χ4n) is 3.80. The first-order valence-electron chi connectivity index (χ1n) is 11.3. The maximum atomic E-state index is 13.3. The number of rotatable bonds is 4. The summed E-state index contributed by atoms with van der Waals surface area (Å²) in [5.74, 6) is -0.198. The van der Waals surface area contributed by atoms with Gasteiger partial charge in [-0.1, -0.05) is 12.1 Å². The van der Waals surface area contributed by atoms with E-state index in [1.807, 2.05) is 20.8 Å². The van der Waals surface area contributed by atoms with Crippen molar-refractivity contribution in [3.63, 3.8) is 0 Å². The van der Waals surface area contributed by atoms with Crippen molar-refractivity contribution < 1.29 is 13.9 Å². The van der Waals surface area contributed by atoms with Gasteiger partial charge in [0.25, 0.3) is 5.56 Å². The minimum Gasteiger partial charge on any atom is -0.410 e. The van der Waals surface area contributed by atoms with Crippen LogP contribution in [0.25, 0.3) is 16.6 Å². The highest BCUT2D eigenvalue weighted by molar-refractivity contribution is 5.81. The van der Waals surface area contributed by atoms with E-state index < -0.39 is 22.9 Å². The summed E-state index contributed by atoms with van der Waals surface area (Å²) < 4.78 is 19.9. The summed E-state index contributed by atoms with van der Waals surface area (Å²) in [5.41, 5.74) is 6.78. The third kappa shape index (κ3) is 5.00. The van der Waals surface area contributed by atoms with Gasteiger partial charge in [-0.25, -0.2) is 18.5 Å². The zero-order valence-corrected chi connectivity index (χ0v) is 20.5. The molecule has 0 radical (unpaired) electrons. The Balaban J connectivity index is 1.65. The van der Waals surface area contributed by atoms with Crippen LogP contribution in [0, 0.1) is 12.7 Å². The van der Waals surface area contributed by atoms with Gasteiger partial charge < -0.3 is 15.5 Å². The number of H-pyrrole nitrogens is 1. The molecule has 0 spiro atoms. The van der Waals surface area contributed by atoms with E-state index in [9.17, 15) is 18.8 Å². The molecule has 0 aliphatic rings. The van der Waals surface area contributed by atoms with Gasteiger partial charge >= 0.3 is 11.8 Å². The average Bonchev–Trinajstić information content (AvgIpc) is 2.80. The molecule has 0 fully saturated rings. The van der Waals surface area contributed by atoms with Crippen LogP contribution in [0.5, 0.6) is 5.75 Å². The number of ether oxygens (including phenoxy) is 1. The van der Waals surface area contributed by atoms with Crippen LogP contribution in [-0.2, 0) is 6.54 Å². The topological polar surface area (TPSA) is 110 Å². The number of anilines is 1. The highest BCUT2D eigenvalue weighted by atomic mass is 19.1. The Morgan fingerprint density at radius 1 is 1.06 bits per heavy atom. The first-order valence-corrected chi connectivity index (χ1v) is 11.3. The molecule has 3 N–H and O–H groups in total. The van der Waals surface area contributed by atoms with E-state index in [1.165, 1.54) is 35.2 Å². The monoisotopic (exact) mass is 490 g/mol. The molecule has 1 heterocycles. The second-order valence-corrected chi connectivity index (χ2v) is 9.57. The van der Waals surface area contributed by atoms with E-state index in [2.05, 4.69) is 4.98 Å². The standard InChI is InChI=1S/C27H27FN4O4/c1-16-13-19(9-12-22(16)29)32-24(33)21-11-10-20(14-23(21)30-25(32)34)36-26(35)31(27(2,3)4)15-17-5-7-18(28)8-6-17/h5-14H,15,29H2,1-4H3,(H,30,34). The number of aryl methyl sites for hydroxylation is 1. The van der Waals surface area contributed by atoms with Crippen LogP contribution in [0.4, 0.5) is 14.9 Å². The van der Waals surface area contributed by atoms with Crippen LogP contribution in [0.15, 0.2) is 70.3 Å². The molecule has 36 heavy (non-hydrogen) atoms. The molecule has 0 saturated carbocycles. The maximum Gasteiger partial charge on any atom is 0.415 e. The molecule has 0 unspecified atom stereocenters. The van der Waals surface area contributed by atoms with E-state index in [4.69, 9.17) is 10.5 Å². The van der Waals surface area contributed by atoms with E-state index in [1.54, 1.807) is 37.3 Å². The maximum absolute atomic E-state index is 13.3. The lowest BCUT2D eigenvalue weighted by Crippen LogP contribution is -2.46. The Bertz CT molecular complexity index is 1570. The Morgan fingerprint density at radius 2 is 1.75 bits per heavy atom. The summed E-state index contributed by atoms with van der Waals surface area (Å²) in [7, 11) is 0. The minimum absolute atomic E-state index is 0.164. The van der Waals surface area contributed by atoms with E-state index in [0.29, 0.717) is 11.4 Å². The van der Waals surface area contributed by atoms with Crippen LogP contribution in [0.2, 0.25) is 0 Å². The van der Waals surface area contributed by atoms with Crippen LogP contribution < -0.4 is 21.7 Å². The van der Waals surface area contributed by atoms with Crippen molar-refractivity contribution in [3.8, 4) is 11.4 Å². The van der Waals surface area contributed by atoms with Gasteiger partial charge in [0.15, 0.2) is 0 Å². The quantitative estimate of drug-likeness (QED) is 0.409. The molecular formula is C27H27FN4O4. The Labute approximate surface area is 206 Å². The summed E-state index contributed by atoms with van der Waals surface area (Å²) in [6.45, 7) is 7.57. The number of carbonyl (C=O) groups excluding carboxylic acids is 1. The first-order chi connectivity index (χ1) is 16.9. The zero-order valence-electron chi connectivity index (χ0n) is 20.5. The van der Waals surface area contributed by atoms with Gasteiger partial charge in [-0.15, -0.1) is 0 Å². The van der Waals surface area contributed by atoms with Gasteiger partial charge in [0.05, 0.1) is 16.6 Å². The molecule has 1 aromatic heterocycles. The third-order valence-electron chi connectivity index (χ3n) is 5.87. The third-order valence-corrected chi connectivity index (χ3v) is 5.87. The first kappa shape index (κ1) is 24.7. The number of fused-ring (bicyclic) bond motifs is 1. The summed E-state index contributed by atoms with van der Waals surface area (Å²) >= 11 is 0. The molecule has 0 bridgehead atoms. The fourth-order valence-corrected chi connectivity index (χ4v) is 3.80. The predicted octanol–water partition coefficient (Wildman–Crippen LogP) is 4.51. The molecule has 8 nitrogen and oxygen atoms in total. The van der Waals surface area contributed by atoms with E-state index >= 15 is 0 Å². The summed E-state index contributed by atoms with van der Waals surface area (Å²) in [6, 6.07) is 15.2. The molecule has 1 amide bonds. The molecule has 3 aromatic carbocycles. The number of hydrogen-bond donors (Lipinski definition) is 2. The van der Waals surface area contributed by atoms with E-state index in [-0.39, 0.29) is 29.0 Å². The second kappa shape index (κ2) is 9.33. The fraction of sp³-hybridized carbons (Fsp3) is 0.222. The molecule has 0 aliphatic carbocycles.